The zero-order chi connectivity index (χ0) is 8.04. The van der Waals surface area contributed by atoms with E-state index in [2.05, 4.69) is 14.6 Å². The second kappa shape index (κ2) is 5.03. The third-order valence-electron chi connectivity index (χ3n) is 1.43. The molecule has 1 heterocycles. The Balaban J connectivity index is 0.000000371. The first-order valence-electron chi connectivity index (χ1n) is 3.89. The largest absolute Gasteiger partial charge is 0.316 e. The number of rotatable bonds is 0. The number of nitrogens with one attached hydrogen (secondary N) is 1. The van der Waals surface area contributed by atoms with Crippen LogP contribution in [-0.2, 0) is 0 Å². The Hall–Kier alpha value is 0.320. The number of halogens is 1. The van der Waals surface area contributed by atoms with Gasteiger partial charge in [-0.15, -0.1) is 0 Å². The Labute approximate surface area is 65.0 Å². The fourth-order valence-electron chi connectivity index (χ4n) is 0.842. The van der Waals surface area contributed by atoms with Crippen LogP contribution in [0.25, 0.3) is 0 Å². The van der Waals surface area contributed by atoms with Crippen LogP contribution >= 0.6 is 9.24 Å². The van der Waals surface area contributed by atoms with Crippen LogP contribution in [-0.4, -0.2) is 18.5 Å². The molecular weight excluding hydrogens is 148 g/mol. The van der Waals surface area contributed by atoms with Crippen molar-refractivity contribution in [1.82, 2.24) is 5.32 Å². The van der Waals surface area contributed by atoms with Crippen LogP contribution in [0.3, 0.4) is 0 Å². The topological polar surface area (TPSA) is 12.0 Å². The molecule has 1 rings (SSSR count). The Morgan fingerprint density at radius 1 is 1.30 bits per heavy atom. The van der Waals surface area contributed by atoms with Crippen LogP contribution in [0.1, 0.15) is 26.7 Å². The average Bonchev–Trinajstić information content (AvgIpc) is 1.92. The van der Waals surface area contributed by atoms with Crippen molar-refractivity contribution in [1.29, 1.82) is 0 Å². The van der Waals surface area contributed by atoms with Gasteiger partial charge in [-0.2, -0.15) is 0 Å². The van der Waals surface area contributed by atoms with E-state index in [1.54, 1.807) is 0 Å². The summed E-state index contributed by atoms with van der Waals surface area (Å²) in [5.41, 5.74) is 0. The van der Waals surface area contributed by atoms with E-state index in [4.69, 9.17) is 0 Å². The van der Waals surface area contributed by atoms with Crippen molar-refractivity contribution in [3.05, 3.63) is 0 Å². The van der Waals surface area contributed by atoms with E-state index in [0.29, 0.717) is 12.8 Å². The second-order valence-corrected chi connectivity index (χ2v) is 3.32. The number of piperidine rings is 1. The van der Waals surface area contributed by atoms with Crippen molar-refractivity contribution in [3.8, 4) is 0 Å². The smallest absolute Gasteiger partial charge is 0.126 e. The maximum absolute atomic E-state index is 12.8. The summed E-state index contributed by atoms with van der Waals surface area (Å²) in [6.07, 6.45) is 1.27. The van der Waals surface area contributed by atoms with E-state index in [0.717, 1.165) is 13.1 Å². The van der Waals surface area contributed by atoms with Gasteiger partial charge in [-0.25, -0.2) is 4.39 Å². The molecule has 1 aliphatic rings. The van der Waals surface area contributed by atoms with Gasteiger partial charge in [-0.1, -0.05) is 23.1 Å². The standard InChI is InChI=1S/C5H11FNP.C2H6/c6-5(8)1-3-7-4-2-5;1-2/h7H,1-4,8H2;1-2H3. The van der Waals surface area contributed by atoms with Crippen LogP contribution in [0.15, 0.2) is 0 Å². The van der Waals surface area contributed by atoms with Gasteiger partial charge < -0.3 is 5.32 Å². The molecule has 0 amide bonds. The summed E-state index contributed by atoms with van der Waals surface area (Å²) in [7, 11) is 2.26. The van der Waals surface area contributed by atoms with E-state index in [1.165, 1.54) is 0 Å². The Morgan fingerprint density at radius 2 is 1.70 bits per heavy atom. The van der Waals surface area contributed by atoms with Crippen molar-refractivity contribution >= 4 is 9.24 Å². The molecule has 0 aliphatic carbocycles. The molecule has 1 unspecified atom stereocenters. The van der Waals surface area contributed by atoms with Gasteiger partial charge in [-0.3, -0.25) is 0 Å². The summed E-state index contributed by atoms with van der Waals surface area (Å²) in [4.78, 5) is 0. The first kappa shape index (κ1) is 10.3. The summed E-state index contributed by atoms with van der Waals surface area (Å²) >= 11 is 0. The van der Waals surface area contributed by atoms with Gasteiger partial charge in [-0.05, 0) is 25.9 Å². The summed E-state index contributed by atoms with van der Waals surface area (Å²) in [6.45, 7) is 5.64. The zero-order valence-electron chi connectivity index (χ0n) is 6.78. The van der Waals surface area contributed by atoms with E-state index in [1.807, 2.05) is 13.8 Å². The molecule has 1 atom stereocenters. The molecule has 0 bridgehead atoms. The maximum Gasteiger partial charge on any atom is 0.126 e. The molecule has 62 valence electrons. The SMILES string of the molecule is CC.FC1(P)CCNCC1. The van der Waals surface area contributed by atoms with E-state index >= 15 is 0 Å². The fraction of sp³-hybridized carbons (Fsp3) is 1.00. The fourth-order valence-corrected chi connectivity index (χ4v) is 1.13. The number of hydrogen-bond acceptors (Lipinski definition) is 1. The average molecular weight is 165 g/mol. The monoisotopic (exact) mass is 165 g/mol. The minimum Gasteiger partial charge on any atom is -0.316 e. The minimum absolute atomic E-state index is 0.637. The van der Waals surface area contributed by atoms with Crippen molar-refractivity contribution in [3.63, 3.8) is 0 Å². The predicted molar refractivity (Wildman–Crippen MR) is 47.0 cm³/mol. The predicted octanol–water partition coefficient (Wildman–Crippen LogP) is 1.94. The molecule has 3 heteroatoms. The second-order valence-electron chi connectivity index (χ2n) is 2.28. The Kier molecular flexibility index (Phi) is 5.20. The minimum atomic E-state index is -0.967. The van der Waals surface area contributed by atoms with Crippen LogP contribution in [0.2, 0.25) is 0 Å². The van der Waals surface area contributed by atoms with Crippen molar-refractivity contribution in [2.24, 2.45) is 0 Å². The van der Waals surface area contributed by atoms with Gasteiger partial charge in [0.15, 0.2) is 0 Å². The lowest BCUT2D eigenvalue weighted by Gasteiger charge is -2.25. The van der Waals surface area contributed by atoms with Crippen molar-refractivity contribution in [2.75, 3.05) is 13.1 Å². The molecule has 10 heavy (non-hydrogen) atoms. The third kappa shape index (κ3) is 4.19. The number of alkyl halides is 1. The van der Waals surface area contributed by atoms with Gasteiger partial charge in [0.1, 0.15) is 5.41 Å². The Bertz CT molecular complexity index is 77.7. The highest BCUT2D eigenvalue weighted by Crippen LogP contribution is 2.29. The molecule has 0 spiro atoms. The normalized spacial score (nSPS) is 22.8. The highest BCUT2D eigenvalue weighted by Gasteiger charge is 2.24. The molecule has 1 saturated heterocycles. The molecule has 1 aliphatic heterocycles. The molecule has 0 aromatic rings. The van der Waals surface area contributed by atoms with Crippen LogP contribution in [0.5, 0.6) is 0 Å². The van der Waals surface area contributed by atoms with Gasteiger partial charge in [0, 0.05) is 0 Å². The lowest BCUT2D eigenvalue weighted by Crippen LogP contribution is -2.34. The molecule has 1 nitrogen and oxygen atoms in total. The zero-order valence-corrected chi connectivity index (χ0v) is 7.94. The number of hydrogen-bond donors (Lipinski definition) is 1. The summed E-state index contributed by atoms with van der Waals surface area (Å²) in [5, 5.41) is 2.12. The van der Waals surface area contributed by atoms with Gasteiger partial charge in [0.25, 0.3) is 0 Å². The molecule has 1 N–H and O–H groups in total. The van der Waals surface area contributed by atoms with Crippen LogP contribution in [0, 0.1) is 0 Å². The van der Waals surface area contributed by atoms with E-state index < -0.39 is 5.41 Å². The molecule has 0 aromatic carbocycles. The molecule has 1 fully saturated rings. The Morgan fingerprint density at radius 3 is 1.90 bits per heavy atom. The maximum atomic E-state index is 12.8. The van der Waals surface area contributed by atoms with Crippen LogP contribution < -0.4 is 5.32 Å². The van der Waals surface area contributed by atoms with Gasteiger partial charge in [0.05, 0.1) is 0 Å². The van der Waals surface area contributed by atoms with Gasteiger partial charge >= 0.3 is 0 Å². The summed E-state index contributed by atoms with van der Waals surface area (Å²) < 4.78 is 12.8. The van der Waals surface area contributed by atoms with Gasteiger partial charge in [0.2, 0.25) is 0 Å². The quantitative estimate of drug-likeness (QED) is 0.541. The lowest BCUT2D eigenvalue weighted by atomic mass is 10.1. The van der Waals surface area contributed by atoms with Crippen molar-refractivity contribution < 1.29 is 4.39 Å². The highest BCUT2D eigenvalue weighted by molar-refractivity contribution is 7.18. The highest BCUT2D eigenvalue weighted by atomic mass is 31.0. The molecular formula is C7H17FNP. The third-order valence-corrected chi connectivity index (χ3v) is 2.01. The molecule has 0 aromatic heterocycles. The summed E-state index contributed by atoms with van der Waals surface area (Å²) in [5.74, 6) is 0. The van der Waals surface area contributed by atoms with E-state index in [9.17, 15) is 4.39 Å². The molecule has 0 saturated carbocycles. The summed E-state index contributed by atoms with van der Waals surface area (Å²) in [6, 6.07) is 0. The first-order chi connectivity index (χ1) is 4.71. The molecule has 0 radical (unpaired) electrons. The van der Waals surface area contributed by atoms with E-state index in [-0.39, 0.29) is 0 Å². The van der Waals surface area contributed by atoms with Crippen LogP contribution in [0.4, 0.5) is 4.39 Å². The lowest BCUT2D eigenvalue weighted by molar-refractivity contribution is 0.222. The first-order valence-corrected chi connectivity index (χ1v) is 4.47. The van der Waals surface area contributed by atoms with Crippen molar-refractivity contribution in [2.45, 2.75) is 32.1 Å².